The normalized spacial score (nSPS) is 12.4. The summed E-state index contributed by atoms with van der Waals surface area (Å²) in [5, 5.41) is 14.0. The van der Waals surface area contributed by atoms with E-state index in [4.69, 9.17) is 16.3 Å². The molecule has 5 nitrogen and oxygen atoms in total. The number of hydrogen-bond acceptors (Lipinski definition) is 4. The second-order valence-electron chi connectivity index (χ2n) is 7.26. The van der Waals surface area contributed by atoms with E-state index in [1.807, 2.05) is 51.7 Å². The van der Waals surface area contributed by atoms with E-state index in [0.29, 0.717) is 24.7 Å². The highest BCUT2D eigenvalue weighted by atomic mass is 35.5. The Morgan fingerprint density at radius 2 is 2.08 bits per heavy atom. The molecule has 2 N–H and O–H groups in total. The Balaban J connectivity index is 2.68. The molecule has 0 saturated heterocycles. The van der Waals surface area contributed by atoms with E-state index in [1.165, 1.54) is 0 Å². The number of benzene rings is 1. The van der Waals surface area contributed by atoms with Crippen molar-refractivity contribution in [2.75, 3.05) is 19.6 Å². The number of ether oxygens (including phenoxy) is 1. The topological polar surface area (TPSA) is 61.8 Å². The molecule has 1 amide bonds. The number of nitrogens with zero attached hydrogens (tertiary/aromatic N) is 1. The van der Waals surface area contributed by atoms with Crippen LogP contribution in [0.5, 0.6) is 0 Å². The summed E-state index contributed by atoms with van der Waals surface area (Å²) in [5.41, 5.74) is 2.04. The molecular weight excluding hydrogens is 352 g/mol. The number of alkyl carbamates (subject to hydrolysis) is 1. The van der Waals surface area contributed by atoms with Crippen LogP contribution in [-0.4, -0.2) is 41.3 Å². The van der Waals surface area contributed by atoms with Crippen LogP contribution in [0.1, 0.15) is 51.3 Å². The minimum atomic E-state index is -0.696. The van der Waals surface area contributed by atoms with E-state index in [9.17, 15) is 9.90 Å². The Morgan fingerprint density at radius 1 is 1.42 bits per heavy atom. The van der Waals surface area contributed by atoms with Crippen LogP contribution in [-0.2, 0) is 4.74 Å². The molecule has 0 aliphatic rings. The predicted octanol–water partition coefficient (Wildman–Crippen LogP) is 4.43. The van der Waals surface area contributed by atoms with Gasteiger partial charge in [-0.2, -0.15) is 0 Å². The lowest BCUT2D eigenvalue weighted by Crippen LogP contribution is -2.38. The second-order valence-corrected chi connectivity index (χ2v) is 7.67. The van der Waals surface area contributed by atoms with Crippen molar-refractivity contribution in [1.29, 1.82) is 0 Å². The third kappa shape index (κ3) is 7.26. The van der Waals surface area contributed by atoms with Crippen LogP contribution >= 0.6 is 11.6 Å². The molecular formula is C20H31ClN2O3. The summed E-state index contributed by atoms with van der Waals surface area (Å²) in [6.07, 6.45) is -0.391. The van der Waals surface area contributed by atoms with E-state index < -0.39 is 17.8 Å². The summed E-state index contributed by atoms with van der Waals surface area (Å²) < 4.78 is 5.23. The summed E-state index contributed by atoms with van der Waals surface area (Å²) in [7, 11) is 0. The van der Waals surface area contributed by atoms with Gasteiger partial charge < -0.3 is 20.1 Å². The molecule has 1 atom stereocenters. The first kappa shape index (κ1) is 22.3. The fourth-order valence-electron chi connectivity index (χ4n) is 2.50. The number of carbonyl (C=O) groups is 1. The number of aliphatic hydroxyl groups is 1. The van der Waals surface area contributed by atoms with Crippen LogP contribution in [0.4, 0.5) is 4.79 Å². The SMILES string of the molecule is C=C(CC)N(CCNC(=O)OC(C)(C)C)CC(O)c1cccc(Cl)c1C. The summed E-state index contributed by atoms with van der Waals surface area (Å²) in [5.74, 6) is 0. The quantitative estimate of drug-likeness (QED) is 0.698. The molecule has 146 valence electrons. The zero-order valence-electron chi connectivity index (χ0n) is 16.4. The molecule has 0 radical (unpaired) electrons. The summed E-state index contributed by atoms with van der Waals surface area (Å²) in [6, 6.07) is 5.51. The van der Waals surface area contributed by atoms with Crippen LogP contribution in [0.15, 0.2) is 30.5 Å². The molecule has 1 unspecified atom stereocenters. The smallest absolute Gasteiger partial charge is 0.407 e. The first-order chi connectivity index (χ1) is 12.0. The van der Waals surface area contributed by atoms with Crippen LogP contribution in [0.2, 0.25) is 5.02 Å². The Bertz CT molecular complexity index is 626. The molecule has 1 aromatic rings. The number of aliphatic hydroxyl groups excluding tert-OH is 1. The predicted molar refractivity (Wildman–Crippen MR) is 106 cm³/mol. The van der Waals surface area contributed by atoms with Gasteiger partial charge in [0.25, 0.3) is 0 Å². The first-order valence-corrected chi connectivity index (χ1v) is 9.25. The minimum Gasteiger partial charge on any atom is -0.444 e. The van der Waals surface area contributed by atoms with Crippen molar-refractivity contribution in [3.8, 4) is 0 Å². The van der Waals surface area contributed by atoms with E-state index in [0.717, 1.165) is 23.2 Å². The number of amides is 1. The molecule has 1 rings (SSSR count). The van der Waals surface area contributed by atoms with Gasteiger partial charge in [0.15, 0.2) is 0 Å². The molecule has 0 saturated carbocycles. The van der Waals surface area contributed by atoms with Crippen molar-refractivity contribution in [3.05, 3.63) is 46.6 Å². The van der Waals surface area contributed by atoms with Gasteiger partial charge in [-0.3, -0.25) is 0 Å². The maximum absolute atomic E-state index is 11.8. The molecule has 0 aromatic heterocycles. The zero-order chi connectivity index (χ0) is 19.9. The van der Waals surface area contributed by atoms with Gasteiger partial charge in [0.05, 0.1) is 6.10 Å². The van der Waals surface area contributed by atoms with Gasteiger partial charge in [0.1, 0.15) is 5.60 Å². The van der Waals surface area contributed by atoms with Gasteiger partial charge in [-0.25, -0.2) is 4.79 Å². The average Bonchev–Trinajstić information content (AvgIpc) is 2.53. The van der Waals surface area contributed by atoms with Gasteiger partial charge in [-0.05, 0) is 51.3 Å². The highest BCUT2D eigenvalue weighted by molar-refractivity contribution is 6.31. The summed E-state index contributed by atoms with van der Waals surface area (Å²) in [4.78, 5) is 13.7. The molecule has 0 fully saturated rings. The molecule has 0 heterocycles. The summed E-state index contributed by atoms with van der Waals surface area (Å²) in [6.45, 7) is 14.7. The number of nitrogens with one attached hydrogen (secondary N) is 1. The van der Waals surface area contributed by atoms with Gasteiger partial charge in [-0.15, -0.1) is 0 Å². The van der Waals surface area contributed by atoms with Gasteiger partial charge in [0, 0.05) is 30.4 Å². The molecule has 0 bridgehead atoms. The fraction of sp³-hybridized carbons (Fsp3) is 0.550. The fourth-order valence-corrected chi connectivity index (χ4v) is 2.68. The third-order valence-electron chi connectivity index (χ3n) is 3.97. The number of rotatable bonds is 8. The molecule has 0 aliphatic heterocycles. The Hall–Kier alpha value is -1.72. The first-order valence-electron chi connectivity index (χ1n) is 8.87. The van der Waals surface area contributed by atoms with E-state index in [-0.39, 0.29) is 0 Å². The molecule has 26 heavy (non-hydrogen) atoms. The largest absolute Gasteiger partial charge is 0.444 e. The van der Waals surface area contributed by atoms with Crippen molar-refractivity contribution in [1.82, 2.24) is 10.2 Å². The van der Waals surface area contributed by atoms with Crippen molar-refractivity contribution < 1.29 is 14.6 Å². The maximum atomic E-state index is 11.8. The number of hydrogen-bond donors (Lipinski definition) is 2. The molecule has 0 spiro atoms. The van der Waals surface area contributed by atoms with Crippen molar-refractivity contribution >= 4 is 17.7 Å². The Labute approximate surface area is 162 Å². The highest BCUT2D eigenvalue weighted by Gasteiger charge is 2.19. The number of halogens is 1. The monoisotopic (exact) mass is 382 g/mol. The van der Waals surface area contributed by atoms with Gasteiger partial charge in [0.2, 0.25) is 0 Å². The van der Waals surface area contributed by atoms with E-state index in [1.54, 1.807) is 6.07 Å². The zero-order valence-corrected chi connectivity index (χ0v) is 17.2. The number of allylic oxidation sites excluding steroid dienone is 1. The van der Waals surface area contributed by atoms with Crippen LogP contribution in [0.25, 0.3) is 0 Å². The lowest BCUT2D eigenvalue weighted by atomic mass is 10.0. The van der Waals surface area contributed by atoms with Crippen LogP contribution < -0.4 is 5.32 Å². The highest BCUT2D eigenvalue weighted by Crippen LogP contribution is 2.25. The second kappa shape index (κ2) is 9.83. The molecule has 0 aliphatic carbocycles. The lowest BCUT2D eigenvalue weighted by molar-refractivity contribution is 0.0520. The minimum absolute atomic E-state index is 0.379. The average molecular weight is 383 g/mol. The molecule has 6 heteroatoms. The third-order valence-corrected chi connectivity index (χ3v) is 4.38. The van der Waals surface area contributed by atoms with Crippen molar-refractivity contribution in [2.45, 2.75) is 52.7 Å². The van der Waals surface area contributed by atoms with Crippen molar-refractivity contribution in [3.63, 3.8) is 0 Å². The van der Waals surface area contributed by atoms with Crippen LogP contribution in [0, 0.1) is 6.92 Å². The Kier molecular flexibility index (Phi) is 8.44. The standard InChI is InChI=1S/C20H31ClN2O3/c1-7-14(2)23(12-11-22-19(25)26-20(4,5)6)13-18(24)16-9-8-10-17(21)15(16)3/h8-10,18,24H,2,7,11-13H2,1,3-6H3,(H,22,25). The van der Waals surface area contributed by atoms with Crippen molar-refractivity contribution in [2.24, 2.45) is 0 Å². The van der Waals surface area contributed by atoms with Crippen LogP contribution in [0.3, 0.4) is 0 Å². The van der Waals surface area contributed by atoms with Gasteiger partial charge >= 0.3 is 6.09 Å². The number of carbonyl (C=O) groups excluding carboxylic acids is 1. The van der Waals surface area contributed by atoms with Gasteiger partial charge in [-0.1, -0.05) is 37.2 Å². The lowest BCUT2D eigenvalue weighted by Gasteiger charge is -2.29. The molecule has 1 aromatic carbocycles. The van der Waals surface area contributed by atoms with E-state index in [2.05, 4.69) is 11.9 Å². The summed E-state index contributed by atoms with van der Waals surface area (Å²) >= 11 is 6.15. The van der Waals surface area contributed by atoms with E-state index >= 15 is 0 Å². The maximum Gasteiger partial charge on any atom is 0.407 e. The Morgan fingerprint density at radius 3 is 2.65 bits per heavy atom.